The molecule has 1 rings (SSSR count). The molecule has 1 amide bonds. The molecule has 0 unspecified atom stereocenters. The second-order valence-electron chi connectivity index (χ2n) is 2.45. The number of hydrogen-bond acceptors (Lipinski definition) is 3. The average Bonchev–Trinajstić information content (AvgIpc) is 2.08. The van der Waals surface area contributed by atoms with Crippen molar-refractivity contribution < 1.29 is 18.0 Å². The van der Waals surface area contributed by atoms with Crippen LogP contribution in [0.3, 0.4) is 0 Å². The lowest BCUT2D eigenvalue weighted by molar-refractivity contribution is 0.0982. The van der Waals surface area contributed by atoms with Crippen LogP contribution in [0.4, 0.5) is 19.0 Å². The van der Waals surface area contributed by atoms with E-state index in [9.17, 15) is 18.0 Å². The standard InChI is InChI=1S/C7H6F3N3O/c8-4-3(5(9)10)2(7(12)14)1-13-6(4)11/h1,5H,(H2,11,13)(H2,12,14). The quantitative estimate of drug-likeness (QED) is 0.750. The van der Waals surface area contributed by atoms with Gasteiger partial charge in [0.2, 0.25) is 0 Å². The first-order chi connectivity index (χ1) is 6.45. The van der Waals surface area contributed by atoms with E-state index in [0.29, 0.717) is 0 Å². The van der Waals surface area contributed by atoms with Crippen LogP contribution in [0.25, 0.3) is 0 Å². The topological polar surface area (TPSA) is 82.0 Å². The number of carbonyl (C=O) groups excluding carboxylic acids is 1. The number of primary amides is 1. The molecule has 0 fully saturated rings. The van der Waals surface area contributed by atoms with Crippen LogP contribution in [0, 0.1) is 5.82 Å². The number of nitrogen functional groups attached to an aromatic ring is 1. The third kappa shape index (κ3) is 1.61. The molecule has 7 heteroatoms. The van der Waals surface area contributed by atoms with E-state index in [0.717, 1.165) is 6.20 Å². The van der Waals surface area contributed by atoms with E-state index in [1.54, 1.807) is 0 Å². The van der Waals surface area contributed by atoms with Crippen molar-refractivity contribution in [3.8, 4) is 0 Å². The lowest BCUT2D eigenvalue weighted by Crippen LogP contribution is -2.17. The summed E-state index contributed by atoms with van der Waals surface area (Å²) in [6.07, 6.45) is -2.44. The van der Waals surface area contributed by atoms with E-state index in [1.807, 2.05) is 0 Å². The van der Waals surface area contributed by atoms with Crippen LogP contribution in [0.2, 0.25) is 0 Å². The number of anilines is 1. The second kappa shape index (κ2) is 3.52. The Balaban J connectivity index is 3.45. The predicted octanol–water partition coefficient (Wildman–Crippen LogP) is 0.839. The molecule has 0 radical (unpaired) electrons. The van der Waals surface area contributed by atoms with Crippen molar-refractivity contribution in [3.63, 3.8) is 0 Å². The smallest absolute Gasteiger partial charge is 0.267 e. The van der Waals surface area contributed by atoms with E-state index in [1.165, 1.54) is 0 Å². The molecule has 1 heterocycles. The minimum Gasteiger partial charge on any atom is -0.381 e. The summed E-state index contributed by atoms with van der Waals surface area (Å²) in [7, 11) is 0. The third-order valence-corrected chi connectivity index (χ3v) is 1.57. The SMILES string of the molecule is NC(=O)c1cnc(N)c(F)c1C(F)F. The van der Waals surface area contributed by atoms with Crippen LogP contribution in [0.1, 0.15) is 22.3 Å². The van der Waals surface area contributed by atoms with Crippen LogP contribution in [-0.4, -0.2) is 10.9 Å². The maximum absolute atomic E-state index is 13.0. The summed E-state index contributed by atoms with van der Waals surface area (Å²) in [5, 5.41) is 0. The zero-order valence-corrected chi connectivity index (χ0v) is 6.80. The van der Waals surface area contributed by atoms with Crippen molar-refractivity contribution in [2.75, 3.05) is 5.73 Å². The van der Waals surface area contributed by atoms with Gasteiger partial charge < -0.3 is 11.5 Å². The van der Waals surface area contributed by atoms with Gasteiger partial charge in [0.15, 0.2) is 11.6 Å². The number of pyridine rings is 1. The van der Waals surface area contributed by atoms with Gasteiger partial charge in [0.25, 0.3) is 12.3 Å². The number of aromatic nitrogens is 1. The Morgan fingerprint density at radius 1 is 1.50 bits per heavy atom. The number of rotatable bonds is 2. The Morgan fingerprint density at radius 3 is 2.50 bits per heavy atom. The van der Waals surface area contributed by atoms with Crippen molar-refractivity contribution in [1.82, 2.24) is 4.98 Å². The van der Waals surface area contributed by atoms with Gasteiger partial charge in [-0.25, -0.2) is 18.2 Å². The summed E-state index contributed by atoms with van der Waals surface area (Å²) in [6.45, 7) is 0. The monoisotopic (exact) mass is 205 g/mol. The number of halogens is 3. The molecule has 1 aromatic rings. The van der Waals surface area contributed by atoms with Crippen molar-refractivity contribution in [3.05, 3.63) is 23.1 Å². The number of nitrogens with two attached hydrogens (primary N) is 2. The lowest BCUT2D eigenvalue weighted by atomic mass is 10.1. The van der Waals surface area contributed by atoms with Crippen molar-refractivity contribution in [1.29, 1.82) is 0 Å². The Morgan fingerprint density at radius 2 is 2.07 bits per heavy atom. The molecule has 14 heavy (non-hydrogen) atoms. The molecule has 4 nitrogen and oxygen atoms in total. The molecule has 0 aliphatic heterocycles. The Labute approximate surface area is 76.7 Å². The van der Waals surface area contributed by atoms with Gasteiger partial charge in [0.1, 0.15) is 0 Å². The predicted molar refractivity (Wildman–Crippen MR) is 42.1 cm³/mol. The Kier molecular flexibility index (Phi) is 2.59. The highest BCUT2D eigenvalue weighted by Crippen LogP contribution is 2.27. The van der Waals surface area contributed by atoms with Crippen molar-refractivity contribution in [2.24, 2.45) is 5.73 Å². The van der Waals surface area contributed by atoms with Crippen molar-refractivity contribution in [2.45, 2.75) is 6.43 Å². The minimum absolute atomic E-state index is 0.660. The zero-order chi connectivity index (χ0) is 10.9. The van der Waals surface area contributed by atoms with Crippen LogP contribution in [0.5, 0.6) is 0 Å². The van der Waals surface area contributed by atoms with Gasteiger partial charge in [-0.05, 0) is 0 Å². The number of hydrogen-bond donors (Lipinski definition) is 2. The van der Waals surface area contributed by atoms with Gasteiger partial charge in [-0.2, -0.15) is 0 Å². The van der Waals surface area contributed by atoms with Crippen LogP contribution in [0.15, 0.2) is 6.20 Å². The molecule has 0 atom stereocenters. The molecule has 0 spiro atoms. The fraction of sp³-hybridized carbons (Fsp3) is 0.143. The normalized spacial score (nSPS) is 10.6. The number of amides is 1. The maximum Gasteiger partial charge on any atom is 0.267 e. The number of nitrogens with zero attached hydrogens (tertiary/aromatic N) is 1. The minimum atomic E-state index is -3.16. The second-order valence-corrected chi connectivity index (χ2v) is 2.45. The summed E-state index contributed by atoms with van der Waals surface area (Å²) in [5.41, 5.74) is 7.94. The van der Waals surface area contributed by atoms with E-state index in [4.69, 9.17) is 11.5 Å². The highest BCUT2D eigenvalue weighted by molar-refractivity contribution is 5.94. The van der Waals surface area contributed by atoms with Gasteiger partial charge in [-0.3, -0.25) is 4.79 Å². The molecule has 0 aliphatic rings. The van der Waals surface area contributed by atoms with Gasteiger partial charge in [0.05, 0.1) is 11.1 Å². The van der Waals surface area contributed by atoms with Gasteiger partial charge >= 0.3 is 0 Å². The fourth-order valence-electron chi connectivity index (χ4n) is 0.926. The van der Waals surface area contributed by atoms with Gasteiger partial charge in [-0.15, -0.1) is 0 Å². The molecule has 0 aromatic carbocycles. The molecular weight excluding hydrogens is 199 g/mol. The first-order valence-corrected chi connectivity index (χ1v) is 3.47. The molecular formula is C7H6F3N3O. The summed E-state index contributed by atoms with van der Waals surface area (Å²) < 4.78 is 37.6. The van der Waals surface area contributed by atoms with Crippen LogP contribution >= 0.6 is 0 Å². The molecule has 4 N–H and O–H groups in total. The molecule has 76 valence electrons. The summed E-state index contributed by atoms with van der Waals surface area (Å²) >= 11 is 0. The summed E-state index contributed by atoms with van der Waals surface area (Å²) in [5.74, 6) is -3.27. The van der Waals surface area contributed by atoms with Crippen molar-refractivity contribution >= 4 is 11.7 Å². The van der Waals surface area contributed by atoms with E-state index >= 15 is 0 Å². The first-order valence-electron chi connectivity index (χ1n) is 3.47. The highest BCUT2D eigenvalue weighted by atomic mass is 19.3. The number of carbonyl (C=O) groups is 1. The molecule has 0 aliphatic carbocycles. The lowest BCUT2D eigenvalue weighted by Gasteiger charge is -2.07. The Bertz CT molecular complexity index is 381. The van der Waals surface area contributed by atoms with Crippen LogP contribution < -0.4 is 11.5 Å². The Hall–Kier alpha value is -1.79. The average molecular weight is 205 g/mol. The molecule has 0 saturated carbocycles. The maximum atomic E-state index is 13.0. The highest BCUT2D eigenvalue weighted by Gasteiger charge is 2.23. The number of alkyl halides is 2. The van der Waals surface area contributed by atoms with E-state index < -0.39 is 35.1 Å². The van der Waals surface area contributed by atoms with E-state index in [-0.39, 0.29) is 0 Å². The summed E-state index contributed by atoms with van der Waals surface area (Å²) in [6, 6.07) is 0. The first kappa shape index (κ1) is 10.3. The molecule has 0 saturated heterocycles. The van der Waals surface area contributed by atoms with E-state index in [2.05, 4.69) is 4.98 Å². The fourth-order valence-corrected chi connectivity index (χ4v) is 0.926. The van der Waals surface area contributed by atoms with Gasteiger partial charge in [0, 0.05) is 6.20 Å². The molecule has 0 bridgehead atoms. The van der Waals surface area contributed by atoms with Crippen LogP contribution in [-0.2, 0) is 0 Å². The largest absolute Gasteiger partial charge is 0.381 e. The zero-order valence-electron chi connectivity index (χ0n) is 6.80. The molecule has 1 aromatic heterocycles. The third-order valence-electron chi connectivity index (χ3n) is 1.57. The summed E-state index contributed by atoms with van der Waals surface area (Å²) in [4.78, 5) is 13.8. The van der Waals surface area contributed by atoms with Gasteiger partial charge in [-0.1, -0.05) is 0 Å².